The maximum atomic E-state index is 10.6. The zero-order valence-electron chi connectivity index (χ0n) is 11.0. The fourth-order valence-corrected chi connectivity index (χ4v) is 3.07. The number of methoxy groups -OCH3 is 1. The van der Waals surface area contributed by atoms with E-state index in [1.54, 1.807) is 25.3 Å². The molecule has 0 spiro atoms. The first kappa shape index (κ1) is 14.2. The van der Waals surface area contributed by atoms with Crippen molar-refractivity contribution < 1.29 is 9.84 Å². The van der Waals surface area contributed by atoms with Crippen LogP contribution in [0.25, 0.3) is 0 Å². The monoisotopic (exact) mass is 279 g/mol. The Labute approximate surface area is 118 Å². The molecule has 102 valence electrons. The molecule has 2 rings (SSSR count). The van der Waals surface area contributed by atoms with Crippen LogP contribution in [-0.4, -0.2) is 12.2 Å². The average molecular weight is 280 g/mol. The summed E-state index contributed by atoms with van der Waals surface area (Å²) in [7, 11) is 1.55. The van der Waals surface area contributed by atoms with Crippen molar-refractivity contribution in [2.24, 2.45) is 5.41 Å². The highest BCUT2D eigenvalue weighted by Crippen LogP contribution is 2.46. The van der Waals surface area contributed by atoms with Gasteiger partial charge in [0, 0.05) is 0 Å². The van der Waals surface area contributed by atoms with Crippen molar-refractivity contribution in [3.63, 3.8) is 0 Å². The van der Waals surface area contributed by atoms with Gasteiger partial charge < -0.3 is 9.84 Å². The van der Waals surface area contributed by atoms with Crippen LogP contribution in [-0.2, 0) is 0 Å². The quantitative estimate of drug-likeness (QED) is 0.914. The number of nitriles is 1. The summed E-state index contributed by atoms with van der Waals surface area (Å²) in [6, 6.07) is 7.54. The first-order valence-corrected chi connectivity index (χ1v) is 6.93. The van der Waals surface area contributed by atoms with E-state index in [0.717, 1.165) is 32.1 Å². The van der Waals surface area contributed by atoms with E-state index in [0.29, 0.717) is 16.3 Å². The molecule has 0 saturated heterocycles. The van der Waals surface area contributed by atoms with E-state index in [1.165, 1.54) is 0 Å². The lowest BCUT2D eigenvalue weighted by Gasteiger charge is -2.35. The number of hydrogen-bond donors (Lipinski definition) is 1. The third-order valence-corrected chi connectivity index (χ3v) is 4.28. The molecule has 4 heteroatoms. The van der Waals surface area contributed by atoms with Crippen LogP contribution in [0.3, 0.4) is 0 Å². The molecule has 0 heterocycles. The molecule has 0 aromatic heterocycles. The van der Waals surface area contributed by atoms with Gasteiger partial charge in [-0.1, -0.05) is 36.9 Å². The van der Waals surface area contributed by atoms with Gasteiger partial charge in [-0.2, -0.15) is 5.26 Å². The van der Waals surface area contributed by atoms with Crippen LogP contribution in [0.1, 0.15) is 43.8 Å². The third kappa shape index (κ3) is 2.70. The zero-order valence-corrected chi connectivity index (χ0v) is 11.8. The smallest absolute Gasteiger partial charge is 0.137 e. The van der Waals surface area contributed by atoms with Gasteiger partial charge in [-0.25, -0.2) is 0 Å². The van der Waals surface area contributed by atoms with Crippen LogP contribution in [0.15, 0.2) is 18.2 Å². The summed E-state index contributed by atoms with van der Waals surface area (Å²) in [6.07, 6.45) is 3.83. The number of nitrogens with zero attached hydrogens (tertiary/aromatic N) is 1. The number of ether oxygens (including phenoxy) is 1. The molecule has 0 bridgehead atoms. The Hall–Kier alpha value is -1.24. The van der Waals surface area contributed by atoms with Crippen LogP contribution in [0.2, 0.25) is 5.02 Å². The van der Waals surface area contributed by atoms with E-state index >= 15 is 0 Å². The number of benzene rings is 1. The van der Waals surface area contributed by atoms with E-state index in [-0.39, 0.29) is 0 Å². The molecule has 1 aliphatic carbocycles. The zero-order chi connectivity index (χ0) is 13.9. The summed E-state index contributed by atoms with van der Waals surface area (Å²) >= 11 is 6.08. The largest absolute Gasteiger partial charge is 0.495 e. The van der Waals surface area contributed by atoms with Crippen LogP contribution in [0, 0.1) is 16.7 Å². The second-order valence-electron chi connectivity index (χ2n) is 5.13. The van der Waals surface area contributed by atoms with Crippen molar-refractivity contribution in [2.45, 2.75) is 38.2 Å². The molecule has 19 heavy (non-hydrogen) atoms. The van der Waals surface area contributed by atoms with Gasteiger partial charge in [0.15, 0.2) is 0 Å². The summed E-state index contributed by atoms with van der Waals surface area (Å²) in [5, 5.41) is 20.5. The van der Waals surface area contributed by atoms with E-state index < -0.39 is 11.5 Å². The van der Waals surface area contributed by atoms with Crippen LogP contribution in [0.5, 0.6) is 5.75 Å². The Balaban J connectivity index is 2.30. The summed E-state index contributed by atoms with van der Waals surface area (Å²) in [4.78, 5) is 0. The van der Waals surface area contributed by atoms with Crippen LogP contribution >= 0.6 is 11.6 Å². The highest BCUT2D eigenvalue weighted by Gasteiger charge is 2.40. The Morgan fingerprint density at radius 3 is 2.58 bits per heavy atom. The minimum atomic E-state index is -0.791. The summed E-state index contributed by atoms with van der Waals surface area (Å²) in [5.74, 6) is 0.576. The molecule has 1 saturated carbocycles. The molecule has 1 unspecified atom stereocenters. The Bertz CT molecular complexity index is 489. The second kappa shape index (κ2) is 5.81. The van der Waals surface area contributed by atoms with Crippen molar-refractivity contribution in [3.8, 4) is 11.8 Å². The van der Waals surface area contributed by atoms with Gasteiger partial charge >= 0.3 is 0 Å². The Morgan fingerprint density at radius 1 is 1.37 bits per heavy atom. The van der Waals surface area contributed by atoms with E-state index in [9.17, 15) is 10.4 Å². The van der Waals surface area contributed by atoms with Gasteiger partial charge in [0.2, 0.25) is 0 Å². The van der Waals surface area contributed by atoms with Crippen LogP contribution < -0.4 is 4.74 Å². The number of aliphatic hydroxyl groups excluding tert-OH is 1. The van der Waals surface area contributed by atoms with Gasteiger partial charge in [0.25, 0.3) is 0 Å². The molecular weight excluding hydrogens is 262 g/mol. The molecule has 0 radical (unpaired) electrons. The maximum absolute atomic E-state index is 10.6. The molecule has 1 fully saturated rings. The van der Waals surface area contributed by atoms with E-state index in [4.69, 9.17) is 16.3 Å². The number of aliphatic hydroxyl groups is 1. The van der Waals surface area contributed by atoms with Crippen molar-refractivity contribution in [3.05, 3.63) is 28.8 Å². The average Bonchev–Trinajstić information content (AvgIpc) is 2.47. The molecular formula is C15H18ClNO2. The second-order valence-corrected chi connectivity index (χ2v) is 5.53. The molecule has 1 N–H and O–H groups in total. The lowest BCUT2D eigenvalue weighted by Crippen LogP contribution is -2.30. The van der Waals surface area contributed by atoms with Crippen LogP contribution in [0.4, 0.5) is 0 Å². The molecule has 1 aromatic rings. The van der Waals surface area contributed by atoms with E-state index in [2.05, 4.69) is 6.07 Å². The van der Waals surface area contributed by atoms with Gasteiger partial charge in [0.1, 0.15) is 5.75 Å². The summed E-state index contributed by atoms with van der Waals surface area (Å²) < 4.78 is 5.10. The van der Waals surface area contributed by atoms with Gasteiger partial charge in [0.05, 0.1) is 29.7 Å². The predicted octanol–water partition coefficient (Wildman–Crippen LogP) is 3.86. The standard InChI is InChI=1S/C15H18ClNO2/c1-19-13-6-5-11(9-12(13)16)14(18)15(10-17)7-3-2-4-8-15/h5-6,9,14,18H,2-4,7-8H2,1H3. The molecule has 0 aliphatic heterocycles. The minimum Gasteiger partial charge on any atom is -0.495 e. The van der Waals surface area contributed by atoms with Crippen molar-refractivity contribution >= 4 is 11.6 Å². The summed E-state index contributed by atoms with van der Waals surface area (Å²) in [5.41, 5.74) is 0.0187. The van der Waals surface area contributed by atoms with Crippen molar-refractivity contribution in [2.75, 3.05) is 7.11 Å². The Kier molecular flexibility index (Phi) is 4.34. The van der Waals surface area contributed by atoms with Gasteiger partial charge in [-0.15, -0.1) is 0 Å². The fraction of sp³-hybridized carbons (Fsp3) is 0.533. The van der Waals surface area contributed by atoms with Gasteiger partial charge in [-0.05, 0) is 30.5 Å². The lowest BCUT2D eigenvalue weighted by atomic mass is 9.69. The third-order valence-electron chi connectivity index (χ3n) is 3.98. The maximum Gasteiger partial charge on any atom is 0.137 e. The molecule has 1 aromatic carbocycles. The van der Waals surface area contributed by atoms with Crippen molar-refractivity contribution in [1.29, 1.82) is 5.26 Å². The van der Waals surface area contributed by atoms with Crippen molar-refractivity contribution in [1.82, 2.24) is 0 Å². The first-order chi connectivity index (χ1) is 9.13. The lowest BCUT2D eigenvalue weighted by molar-refractivity contribution is 0.0359. The number of hydrogen-bond acceptors (Lipinski definition) is 3. The number of halogens is 1. The topological polar surface area (TPSA) is 53.2 Å². The summed E-state index contributed by atoms with van der Waals surface area (Å²) in [6.45, 7) is 0. The Morgan fingerprint density at radius 2 is 2.05 bits per heavy atom. The first-order valence-electron chi connectivity index (χ1n) is 6.56. The molecule has 1 atom stereocenters. The fourth-order valence-electron chi connectivity index (χ4n) is 2.80. The molecule has 0 amide bonds. The van der Waals surface area contributed by atoms with Gasteiger partial charge in [-0.3, -0.25) is 0 Å². The minimum absolute atomic E-state index is 0.461. The normalized spacial score (nSPS) is 19.5. The number of rotatable bonds is 3. The predicted molar refractivity (Wildman–Crippen MR) is 74.1 cm³/mol. The highest BCUT2D eigenvalue weighted by atomic mass is 35.5. The molecule has 1 aliphatic rings. The molecule has 3 nitrogen and oxygen atoms in total. The SMILES string of the molecule is COc1ccc(C(O)C2(C#N)CCCCC2)cc1Cl. The van der Waals surface area contributed by atoms with E-state index in [1.807, 2.05) is 0 Å². The highest BCUT2D eigenvalue weighted by molar-refractivity contribution is 6.32.